The van der Waals surface area contributed by atoms with Crippen LogP contribution in [0, 0.1) is 13.8 Å². The van der Waals surface area contributed by atoms with E-state index in [1.54, 1.807) is 13.0 Å². The molecule has 17 heteroatoms. The van der Waals surface area contributed by atoms with Crippen LogP contribution in [0.15, 0.2) is 79.1 Å². The number of benzene rings is 3. The molecule has 3 aromatic rings. The summed E-state index contributed by atoms with van der Waals surface area (Å²) in [4.78, 5) is -1.03. The maximum absolute atomic E-state index is 12.8. The Balaban J connectivity index is 0.000000906. The van der Waals surface area contributed by atoms with E-state index in [0.717, 1.165) is 11.6 Å². The van der Waals surface area contributed by atoms with Gasteiger partial charge in [-0.25, -0.2) is 13.7 Å². The van der Waals surface area contributed by atoms with Gasteiger partial charge in [0.15, 0.2) is 0 Å². The average molecular weight is 657 g/mol. The maximum atomic E-state index is 12.8. The lowest BCUT2D eigenvalue weighted by molar-refractivity contribution is -0.432. The molecule has 0 saturated heterocycles. The van der Waals surface area contributed by atoms with Crippen LogP contribution in [0.1, 0.15) is 26.0 Å². The van der Waals surface area contributed by atoms with E-state index in [0.29, 0.717) is 12.0 Å². The fraction of sp³-hybridized carbons (Fsp3) is 0.250. The van der Waals surface area contributed by atoms with Crippen LogP contribution in [-0.2, 0) is 39.4 Å². The predicted molar refractivity (Wildman–Crippen MR) is 151 cm³/mol. The minimum atomic E-state index is -4.58. The van der Waals surface area contributed by atoms with Gasteiger partial charge in [-0.2, -0.15) is 16.8 Å². The Morgan fingerprint density at radius 3 is 1.71 bits per heavy atom. The van der Waals surface area contributed by atoms with Crippen molar-refractivity contribution in [1.82, 2.24) is 0 Å². The van der Waals surface area contributed by atoms with Gasteiger partial charge < -0.3 is 9.47 Å². The van der Waals surface area contributed by atoms with Crippen LogP contribution >= 0.6 is 12.0 Å². The van der Waals surface area contributed by atoms with Crippen LogP contribution in [0.4, 0.5) is 0 Å². The minimum Gasteiger partial charge on any atom is -0.495 e. The van der Waals surface area contributed by atoms with Crippen LogP contribution in [0.25, 0.3) is 0 Å². The molecule has 0 radical (unpaired) electrons. The molecule has 0 aliphatic rings. The fourth-order valence-electron chi connectivity index (χ4n) is 3.09. The normalized spacial score (nSPS) is 11.3. The van der Waals surface area contributed by atoms with E-state index >= 15 is 0 Å². The Morgan fingerprint density at radius 2 is 1.20 bits per heavy atom. The topological polar surface area (TPSA) is 200 Å². The summed E-state index contributed by atoms with van der Waals surface area (Å²) in [6.45, 7) is 3.15. The van der Waals surface area contributed by atoms with Gasteiger partial charge in [-0.3, -0.25) is 9.11 Å². The van der Waals surface area contributed by atoms with E-state index in [4.69, 9.17) is 19.3 Å². The summed E-state index contributed by atoms with van der Waals surface area (Å²) in [7, 11) is -10.2. The summed E-state index contributed by atoms with van der Waals surface area (Å²) in [5.74, 6) is 0.404. The van der Waals surface area contributed by atoms with Gasteiger partial charge in [0.2, 0.25) is 9.84 Å². The second-order valence-electron chi connectivity index (χ2n) is 7.57. The summed E-state index contributed by atoms with van der Waals surface area (Å²) < 4.78 is 102. The summed E-state index contributed by atoms with van der Waals surface area (Å²) in [6.07, 6.45) is 0. The zero-order chi connectivity index (χ0) is 29.6. The van der Waals surface area contributed by atoms with Crippen LogP contribution in [-0.4, -0.2) is 53.8 Å². The third-order valence-electron chi connectivity index (χ3n) is 4.94. The van der Waals surface area contributed by atoms with Crippen LogP contribution < -0.4 is 9.47 Å². The van der Waals surface area contributed by atoms with E-state index < -0.39 is 35.0 Å². The van der Waals surface area contributed by atoms with Crippen LogP contribution in [0.2, 0.25) is 0 Å². The van der Waals surface area contributed by atoms with Crippen molar-refractivity contribution in [3.05, 3.63) is 65.7 Å². The molecule has 0 atom stereocenters. The molecule has 3 rings (SSSR count). The molecule has 0 spiro atoms. The summed E-state index contributed by atoms with van der Waals surface area (Å²) in [5, 5.41) is 11.7. The first-order chi connectivity index (χ1) is 18.1. The second-order valence-corrected chi connectivity index (χ2v) is 13.0. The molecule has 0 fully saturated rings. The molecule has 13 nitrogen and oxygen atoms in total. The van der Waals surface area contributed by atoms with E-state index in [1.165, 1.54) is 63.6 Å². The molecule has 0 saturated carbocycles. The fourth-order valence-corrected chi connectivity index (χ4v) is 6.55. The number of sulfone groups is 1. The van der Waals surface area contributed by atoms with Gasteiger partial charge in [0, 0.05) is 0 Å². The highest BCUT2D eigenvalue weighted by Crippen LogP contribution is 2.34. The lowest BCUT2D eigenvalue weighted by Gasteiger charge is -2.11. The molecule has 3 N–H and O–H groups in total. The maximum Gasteiger partial charge on any atom is 0.298 e. The van der Waals surface area contributed by atoms with Crippen molar-refractivity contribution in [3.63, 3.8) is 0 Å². The molecule has 0 bridgehead atoms. The summed E-state index contributed by atoms with van der Waals surface area (Å²) in [5.41, 5.74) is 0.944. The molecular weight excluding hydrogens is 625 g/mol. The first-order valence-electron chi connectivity index (χ1n) is 10.3. The van der Waals surface area contributed by atoms with Crippen molar-refractivity contribution < 1.29 is 58.5 Å². The van der Waals surface area contributed by atoms with Crippen molar-refractivity contribution in [1.29, 1.82) is 0 Å². The predicted octanol–water partition coefficient (Wildman–Crippen LogP) is 5.03. The third-order valence-corrected chi connectivity index (χ3v) is 9.19. The highest BCUT2D eigenvalue weighted by Gasteiger charge is 2.23. The average Bonchev–Trinajstić information content (AvgIpc) is 2.86. The van der Waals surface area contributed by atoms with Gasteiger partial charge in [0.25, 0.3) is 20.2 Å². The van der Waals surface area contributed by atoms with Crippen molar-refractivity contribution in [2.45, 2.75) is 53.2 Å². The SMILES string of the molecule is C.C.COc1ccc(C)cc1S(=O)(=O)O.COc1ccc(S(=O)(=O)c2ccc(C)c(S(=O)(=O)O)c2)cc1SOOO. The number of hydrogen-bond donors (Lipinski definition) is 3. The molecule has 41 heavy (non-hydrogen) atoms. The Bertz CT molecular complexity index is 1650. The zero-order valence-corrected chi connectivity index (χ0v) is 24.0. The van der Waals surface area contributed by atoms with Gasteiger partial charge >= 0.3 is 0 Å². The van der Waals surface area contributed by atoms with E-state index in [1.807, 2.05) is 0 Å². The quantitative estimate of drug-likeness (QED) is 0.120. The van der Waals surface area contributed by atoms with Gasteiger partial charge in [-0.15, -0.1) is 4.33 Å². The largest absolute Gasteiger partial charge is 0.495 e. The molecule has 230 valence electrons. The van der Waals surface area contributed by atoms with Crippen LogP contribution in [0.5, 0.6) is 11.5 Å². The summed E-state index contributed by atoms with van der Waals surface area (Å²) >= 11 is 0.509. The number of aryl methyl sites for hydroxylation is 2. The van der Waals surface area contributed by atoms with Crippen molar-refractivity contribution in [2.75, 3.05) is 14.2 Å². The Morgan fingerprint density at radius 1 is 0.683 bits per heavy atom. The molecule has 0 aromatic heterocycles. The Kier molecular flexibility index (Phi) is 14.4. The van der Waals surface area contributed by atoms with Crippen LogP contribution in [0.3, 0.4) is 0 Å². The van der Waals surface area contributed by atoms with Crippen molar-refractivity contribution >= 4 is 42.1 Å². The Labute approximate surface area is 244 Å². The monoisotopic (exact) mass is 656 g/mol. The third kappa shape index (κ3) is 9.94. The second kappa shape index (κ2) is 15.5. The van der Waals surface area contributed by atoms with Crippen molar-refractivity contribution in [2.24, 2.45) is 0 Å². The summed E-state index contributed by atoms with van der Waals surface area (Å²) in [6, 6.07) is 11.7. The molecule has 0 amide bonds. The van der Waals surface area contributed by atoms with Gasteiger partial charge in [0.05, 0.1) is 45.8 Å². The first kappa shape index (κ1) is 38.3. The number of methoxy groups -OCH3 is 2. The molecule has 3 aromatic carbocycles. The molecule has 0 unspecified atom stereocenters. The number of rotatable bonds is 9. The molecule has 0 aliphatic heterocycles. The number of hydrogen-bond acceptors (Lipinski definition) is 12. The zero-order valence-electron chi connectivity index (χ0n) is 20.8. The highest BCUT2D eigenvalue weighted by molar-refractivity contribution is 7.94. The van der Waals surface area contributed by atoms with Gasteiger partial charge in [0.1, 0.15) is 16.4 Å². The smallest absolute Gasteiger partial charge is 0.298 e. The molecule has 0 aliphatic carbocycles. The van der Waals surface area contributed by atoms with E-state index in [9.17, 15) is 29.8 Å². The van der Waals surface area contributed by atoms with E-state index in [2.05, 4.69) is 9.37 Å². The molecule has 0 heterocycles. The first-order valence-corrected chi connectivity index (χ1v) is 15.4. The van der Waals surface area contributed by atoms with E-state index in [-0.39, 0.29) is 51.5 Å². The van der Waals surface area contributed by atoms with Crippen molar-refractivity contribution in [3.8, 4) is 11.5 Å². The number of ether oxygens (including phenoxy) is 2. The highest BCUT2D eigenvalue weighted by atomic mass is 32.2. The lowest BCUT2D eigenvalue weighted by Crippen LogP contribution is -2.07. The van der Waals surface area contributed by atoms with Gasteiger partial charge in [-0.05, 0) is 67.4 Å². The lowest BCUT2D eigenvalue weighted by atomic mass is 10.2. The molecular formula is C24H32O13S4. The minimum absolute atomic E-state index is 0. The Hall–Kier alpha value is -2.74. The standard InChI is InChI=1S/C14H14O9S3.C8H10O4S.2CH4/c1-9-3-4-11(8-14(9)26(18,19)20)25(16,17)10-5-6-12(21-2)13(7-10)24-23-22-15;1-6-3-4-7(12-2)8(5-6)13(9,10)11;;/h3-8,15H,1-2H3,(H,18,19,20);3-5H,1-2H3,(H,9,10,11);2*1H4. The van der Waals surface area contributed by atoms with Gasteiger partial charge in [-0.1, -0.05) is 32.0 Å².